The molecule has 0 fully saturated rings. The van der Waals surface area contributed by atoms with E-state index in [0.29, 0.717) is 0 Å². The van der Waals surface area contributed by atoms with Gasteiger partial charge in [0.25, 0.3) is 0 Å². The Kier molecular flexibility index (Phi) is 4.05. The van der Waals surface area contributed by atoms with Crippen LogP contribution in [0.25, 0.3) is 0 Å². The minimum atomic E-state index is 0. The number of hydrogen-bond donors (Lipinski definition) is 0. The summed E-state index contributed by atoms with van der Waals surface area (Å²) in [5.74, 6) is 0. The Morgan fingerprint density at radius 2 is 2.33 bits per heavy atom. The fraction of sp³-hybridized carbons (Fsp3) is 0.500. The van der Waals surface area contributed by atoms with E-state index >= 15 is 0 Å². The Morgan fingerprint density at radius 1 is 1.67 bits per heavy atom. The average molecular weight is 257 g/mol. The first-order valence-corrected chi connectivity index (χ1v) is 3.22. The quantitative estimate of drug-likeness (QED) is 0.718. The summed E-state index contributed by atoms with van der Waals surface area (Å²) >= 11 is 3.32. The van der Waals surface area contributed by atoms with Crippen molar-refractivity contribution in [2.24, 2.45) is 0 Å². The van der Waals surface area contributed by atoms with E-state index in [1.807, 2.05) is 6.92 Å². The SMILES string of the molecule is Br.CC(Br)n1ccnn1. The van der Waals surface area contributed by atoms with E-state index in [1.54, 1.807) is 17.1 Å². The van der Waals surface area contributed by atoms with Gasteiger partial charge < -0.3 is 0 Å². The van der Waals surface area contributed by atoms with Crippen molar-refractivity contribution < 1.29 is 0 Å². The highest BCUT2D eigenvalue weighted by Crippen LogP contribution is 2.08. The molecule has 9 heavy (non-hydrogen) atoms. The van der Waals surface area contributed by atoms with Gasteiger partial charge in [-0.2, -0.15) is 0 Å². The molecule has 0 N–H and O–H groups in total. The predicted octanol–water partition coefficient (Wildman–Crippen LogP) is 1.77. The summed E-state index contributed by atoms with van der Waals surface area (Å²) in [7, 11) is 0. The van der Waals surface area contributed by atoms with Crippen LogP contribution in [0.3, 0.4) is 0 Å². The van der Waals surface area contributed by atoms with Crippen molar-refractivity contribution in [3.05, 3.63) is 12.4 Å². The third kappa shape index (κ3) is 2.45. The van der Waals surface area contributed by atoms with Crippen molar-refractivity contribution in [2.75, 3.05) is 0 Å². The van der Waals surface area contributed by atoms with Gasteiger partial charge in [-0.05, 0) is 6.92 Å². The van der Waals surface area contributed by atoms with E-state index in [-0.39, 0.29) is 21.9 Å². The van der Waals surface area contributed by atoms with Crippen LogP contribution in [0.1, 0.15) is 11.9 Å². The van der Waals surface area contributed by atoms with Crippen molar-refractivity contribution in [3.8, 4) is 0 Å². The highest BCUT2D eigenvalue weighted by molar-refractivity contribution is 9.09. The largest absolute Gasteiger partial charge is 0.239 e. The van der Waals surface area contributed by atoms with Crippen molar-refractivity contribution in [1.29, 1.82) is 0 Å². The molecule has 0 saturated heterocycles. The van der Waals surface area contributed by atoms with Gasteiger partial charge >= 0.3 is 0 Å². The molecule has 1 aromatic rings. The molecule has 0 bridgehead atoms. The zero-order chi connectivity index (χ0) is 5.98. The van der Waals surface area contributed by atoms with Crippen LogP contribution in [0.15, 0.2) is 12.4 Å². The summed E-state index contributed by atoms with van der Waals surface area (Å²) in [6.07, 6.45) is 3.46. The monoisotopic (exact) mass is 255 g/mol. The fourth-order valence-corrected chi connectivity index (χ4v) is 0.626. The molecular weight excluding hydrogens is 250 g/mol. The maximum absolute atomic E-state index is 3.74. The Bertz CT molecular complexity index is 149. The molecule has 1 unspecified atom stereocenters. The topological polar surface area (TPSA) is 30.7 Å². The minimum absolute atomic E-state index is 0. The van der Waals surface area contributed by atoms with Gasteiger partial charge in [0, 0.05) is 6.20 Å². The van der Waals surface area contributed by atoms with E-state index in [9.17, 15) is 0 Å². The van der Waals surface area contributed by atoms with E-state index in [1.165, 1.54) is 0 Å². The Morgan fingerprint density at radius 3 is 2.56 bits per heavy atom. The summed E-state index contributed by atoms with van der Waals surface area (Å²) in [5.41, 5.74) is 0. The second kappa shape index (κ2) is 4.00. The van der Waals surface area contributed by atoms with Gasteiger partial charge in [-0.25, -0.2) is 4.68 Å². The first kappa shape index (κ1) is 9.10. The highest BCUT2D eigenvalue weighted by atomic mass is 79.9. The molecule has 1 atom stereocenters. The van der Waals surface area contributed by atoms with Gasteiger partial charge in [0.15, 0.2) is 0 Å². The molecule has 0 amide bonds. The molecule has 0 radical (unpaired) electrons. The molecular formula is C4H7Br2N3. The van der Waals surface area contributed by atoms with Gasteiger partial charge in [-0.1, -0.05) is 21.1 Å². The maximum atomic E-state index is 3.74. The molecule has 0 saturated carbocycles. The van der Waals surface area contributed by atoms with Gasteiger partial charge in [0.1, 0.15) is 4.95 Å². The van der Waals surface area contributed by atoms with Gasteiger partial charge in [-0.3, -0.25) is 0 Å². The van der Waals surface area contributed by atoms with Gasteiger partial charge in [0.05, 0.1) is 6.20 Å². The predicted molar refractivity (Wildman–Crippen MR) is 44.0 cm³/mol. The molecule has 3 nitrogen and oxygen atoms in total. The summed E-state index contributed by atoms with van der Waals surface area (Å²) in [5, 5.41) is 7.36. The number of aromatic nitrogens is 3. The lowest BCUT2D eigenvalue weighted by molar-refractivity contribution is 0.621. The van der Waals surface area contributed by atoms with Crippen LogP contribution in [-0.4, -0.2) is 15.0 Å². The molecule has 0 spiro atoms. The van der Waals surface area contributed by atoms with E-state index < -0.39 is 0 Å². The maximum Gasteiger partial charge on any atom is 0.105 e. The zero-order valence-electron chi connectivity index (χ0n) is 4.86. The van der Waals surface area contributed by atoms with E-state index in [4.69, 9.17) is 0 Å². The van der Waals surface area contributed by atoms with Crippen LogP contribution in [-0.2, 0) is 0 Å². The average Bonchev–Trinajstić information content (AvgIpc) is 2.12. The molecule has 1 heterocycles. The Hall–Kier alpha value is 0.100. The lowest BCUT2D eigenvalue weighted by Gasteiger charge is -1.97. The second-order valence-corrected chi connectivity index (χ2v) is 2.78. The smallest absolute Gasteiger partial charge is 0.105 e. The zero-order valence-corrected chi connectivity index (χ0v) is 8.16. The van der Waals surface area contributed by atoms with E-state index in [0.717, 1.165) is 0 Å². The van der Waals surface area contributed by atoms with Crippen LogP contribution >= 0.6 is 32.9 Å². The number of nitrogens with zero attached hydrogens (tertiary/aromatic N) is 3. The molecule has 1 rings (SSSR count). The molecule has 0 aromatic carbocycles. The van der Waals surface area contributed by atoms with Crippen molar-refractivity contribution in [1.82, 2.24) is 15.0 Å². The van der Waals surface area contributed by atoms with Crippen molar-refractivity contribution in [2.45, 2.75) is 11.9 Å². The summed E-state index contributed by atoms with van der Waals surface area (Å²) in [6.45, 7) is 1.98. The fourth-order valence-electron chi connectivity index (χ4n) is 0.407. The molecule has 0 aliphatic rings. The highest BCUT2D eigenvalue weighted by Gasteiger charge is 1.94. The first-order valence-electron chi connectivity index (χ1n) is 2.30. The number of alkyl halides is 1. The van der Waals surface area contributed by atoms with E-state index in [2.05, 4.69) is 26.2 Å². The standard InChI is InChI=1S/C4H6BrN3.BrH/c1-4(5)8-3-2-6-7-8;/h2-4H,1H3;1H. The molecule has 1 aromatic heterocycles. The summed E-state index contributed by atoms with van der Waals surface area (Å²) in [4.78, 5) is 0.241. The van der Waals surface area contributed by atoms with Crippen LogP contribution in [0.4, 0.5) is 0 Å². The molecule has 0 aliphatic carbocycles. The number of rotatable bonds is 1. The molecule has 52 valence electrons. The van der Waals surface area contributed by atoms with Crippen molar-refractivity contribution in [3.63, 3.8) is 0 Å². The van der Waals surface area contributed by atoms with Crippen LogP contribution in [0, 0.1) is 0 Å². The van der Waals surface area contributed by atoms with Gasteiger partial charge in [-0.15, -0.1) is 22.1 Å². The van der Waals surface area contributed by atoms with Crippen LogP contribution < -0.4 is 0 Å². The van der Waals surface area contributed by atoms with Gasteiger partial charge in [0.2, 0.25) is 0 Å². The third-order valence-corrected chi connectivity index (χ3v) is 1.23. The third-order valence-electron chi connectivity index (χ3n) is 0.806. The Balaban J connectivity index is 0.000000640. The lowest BCUT2D eigenvalue weighted by atomic mass is 10.7. The summed E-state index contributed by atoms with van der Waals surface area (Å²) in [6, 6.07) is 0. The second-order valence-electron chi connectivity index (χ2n) is 1.46. The van der Waals surface area contributed by atoms with Crippen LogP contribution in [0.2, 0.25) is 0 Å². The lowest BCUT2D eigenvalue weighted by Crippen LogP contribution is -1.97. The van der Waals surface area contributed by atoms with Crippen LogP contribution in [0.5, 0.6) is 0 Å². The minimum Gasteiger partial charge on any atom is -0.239 e. The summed E-state index contributed by atoms with van der Waals surface area (Å²) < 4.78 is 1.72. The molecule has 0 aliphatic heterocycles. The number of hydrogen-bond acceptors (Lipinski definition) is 2. The first-order chi connectivity index (χ1) is 3.80. The Labute approximate surface area is 72.3 Å². The number of halogens is 2. The molecule has 5 heteroatoms. The normalized spacial score (nSPS) is 12.2. The van der Waals surface area contributed by atoms with Crippen molar-refractivity contribution >= 4 is 32.9 Å².